The summed E-state index contributed by atoms with van der Waals surface area (Å²) in [4.78, 5) is 2.52. The summed E-state index contributed by atoms with van der Waals surface area (Å²) < 4.78 is 0. The fourth-order valence-corrected chi connectivity index (χ4v) is 2.86. The molecule has 0 spiro atoms. The van der Waals surface area contributed by atoms with E-state index < -0.39 is 0 Å². The minimum atomic E-state index is 0.152. The van der Waals surface area contributed by atoms with Crippen molar-refractivity contribution in [3.8, 4) is 0 Å². The van der Waals surface area contributed by atoms with Gasteiger partial charge in [0.1, 0.15) is 0 Å². The Kier molecular flexibility index (Phi) is 4.41. The quantitative estimate of drug-likeness (QED) is 0.888. The minimum absolute atomic E-state index is 0.152. The van der Waals surface area contributed by atoms with Crippen LogP contribution in [0.1, 0.15) is 42.5 Å². The van der Waals surface area contributed by atoms with Gasteiger partial charge in [-0.3, -0.25) is 0 Å². The predicted molar refractivity (Wildman–Crippen MR) is 77.7 cm³/mol. The van der Waals surface area contributed by atoms with Crippen molar-refractivity contribution in [1.82, 2.24) is 4.90 Å². The van der Waals surface area contributed by atoms with Crippen LogP contribution in [0.15, 0.2) is 18.2 Å². The Bertz CT molecular complexity index is 392. The van der Waals surface area contributed by atoms with Gasteiger partial charge in [0.25, 0.3) is 0 Å². The third-order valence-electron chi connectivity index (χ3n) is 4.16. The Morgan fingerprint density at radius 2 is 1.94 bits per heavy atom. The topological polar surface area (TPSA) is 29.3 Å². The minimum Gasteiger partial charge on any atom is -0.323 e. The fourth-order valence-electron chi connectivity index (χ4n) is 2.86. The second kappa shape index (κ2) is 5.85. The van der Waals surface area contributed by atoms with Gasteiger partial charge in [-0.25, -0.2) is 0 Å². The number of rotatable bonds is 3. The Morgan fingerprint density at radius 3 is 2.56 bits per heavy atom. The highest BCUT2D eigenvalue weighted by Gasteiger charge is 2.19. The van der Waals surface area contributed by atoms with Crippen LogP contribution in [-0.2, 0) is 0 Å². The standard InChI is InChI=1S/C16H26N2/c1-12-6-8-18(9-7-12)11-16(17)15-5-4-13(2)10-14(15)3/h4-5,10,12,16H,6-9,11,17H2,1-3H3. The van der Waals surface area contributed by atoms with Gasteiger partial charge in [-0.15, -0.1) is 0 Å². The van der Waals surface area contributed by atoms with Crippen molar-refractivity contribution >= 4 is 0 Å². The molecule has 1 heterocycles. The first kappa shape index (κ1) is 13.6. The maximum Gasteiger partial charge on any atom is 0.0426 e. The first-order chi connectivity index (χ1) is 8.56. The molecule has 0 aliphatic carbocycles. The molecule has 0 bridgehead atoms. The van der Waals surface area contributed by atoms with Crippen molar-refractivity contribution in [3.63, 3.8) is 0 Å². The summed E-state index contributed by atoms with van der Waals surface area (Å²) in [5, 5.41) is 0. The predicted octanol–water partition coefficient (Wildman–Crippen LogP) is 3.04. The Labute approximate surface area is 111 Å². The normalized spacial score (nSPS) is 20.0. The van der Waals surface area contributed by atoms with Gasteiger partial charge in [0.05, 0.1) is 0 Å². The van der Waals surface area contributed by atoms with Crippen molar-refractivity contribution in [3.05, 3.63) is 34.9 Å². The van der Waals surface area contributed by atoms with E-state index in [1.54, 1.807) is 0 Å². The number of benzene rings is 1. The van der Waals surface area contributed by atoms with E-state index in [1.807, 2.05) is 0 Å². The number of aryl methyl sites for hydroxylation is 2. The van der Waals surface area contributed by atoms with Gasteiger partial charge in [0, 0.05) is 12.6 Å². The van der Waals surface area contributed by atoms with Crippen molar-refractivity contribution in [2.24, 2.45) is 11.7 Å². The van der Waals surface area contributed by atoms with Gasteiger partial charge < -0.3 is 10.6 Å². The summed E-state index contributed by atoms with van der Waals surface area (Å²) in [6.07, 6.45) is 2.64. The van der Waals surface area contributed by atoms with Crippen LogP contribution in [0.25, 0.3) is 0 Å². The van der Waals surface area contributed by atoms with Crippen LogP contribution in [0, 0.1) is 19.8 Å². The second-order valence-corrected chi connectivity index (χ2v) is 5.95. The molecule has 1 aliphatic rings. The monoisotopic (exact) mass is 246 g/mol. The molecule has 2 rings (SSSR count). The second-order valence-electron chi connectivity index (χ2n) is 5.95. The molecular weight excluding hydrogens is 220 g/mol. The van der Waals surface area contributed by atoms with Gasteiger partial charge in [-0.1, -0.05) is 30.7 Å². The molecule has 1 fully saturated rings. The molecule has 0 amide bonds. The molecule has 1 saturated heterocycles. The van der Waals surface area contributed by atoms with Crippen molar-refractivity contribution < 1.29 is 0 Å². The average molecular weight is 246 g/mol. The summed E-state index contributed by atoms with van der Waals surface area (Å²) in [6, 6.07) is 6.74. The zero-order valence-corrected chi connectivity index (χ0v) is 11.9. The summed E-state index contributed by atoms with van der Waals surface area (Å²) in [5.74, 6) is 0.888. The SMILES string of the molecule is Cc1ccc(C(N)CN2CCC(C)CC2)c(C)c1. The van der Waals surface area contributed by atoms with Gasteiger partial charge >= 0.3 is 0 Å². The lowest BCUT2D eigenvalue weighted by molar-refractivity contribution is 0.183. The molecule has 1 aliphatic heterocycles. The van der Waals surface area contributed by atoms with Gasteiger partial charge in [-0.2, -0.15) is 0 Å². The fraction of sp³-hybridized carbons (Fsp3) is 0.625. The first-order valence-corrected chi connectivity index (χ1v) is 7.11. The van der Waals surface area contributed by atoms with Crippen molar-refractivity contribution in [2.75, 3.05) is 19.6 Å². The molecule has 100 valence electrons. The van der Waals surface area contributed by atoms with E-state index in [1.165, 1.54) is 42.6 Å². The van der Waals surface area contributed by atoms with Crippen molar-refractivity contribution in [2.45, 2.75) is 39.7 Å². The van der Waals surface area contributed by atoms with Crippen LogP contribution in [0.4, 0.5) is 0 Å². The van der Waals surface area contributed by atoms with E-state index in [-0.39, 0.29) is 6.04 Å². The van der Waals surface area contributed by atoms with Crippen LogP contribution >= 0.6 is 0 Å². The molecule has 0 saturated carbocycles. The molecule has 2 nitrogen and oxygen atoms in total. The Balaban J connectivity index is 1.97. The number of nitrogens with zero attached hydrogens (tertiary/aromatic N) is 1. The molecule has 2 N–H and O–H groups in total. The third-order valence-corrected chi connectivity index (χ3v) is 4.16. The van der Waals surface area contributed by atoms with Crippen molar-refractivity contribution in [1.29, 1.82) is 0 Å². The zero-order chi connectivity index (χ0) is 13.1. The van der Waals surface area contributed by atoms with E-state index in [2.05, 4.69) is 43.9 Å². The number of nitrogens with two attached hydrogens (primary N) is 1. The molecule has 1 atom stereocenters. The first-order valence-electron chi connectivity index (χ1n) is 7.11. The lowest BCUT2D eigenvalue weighted by Gasteiger charge is -2.32. The molecule has 0 radical (unpaired) electrons. The molecule has 1 aromatic rings. The summed E-state index contributed by atoms with van der Waals surface area (Å²) in [7, 11) is 0. The maximum atomic E-state index is 6.37. The van der Waals surface area contributed by atoms with Crippen LogP contribution < -0.4 is 5.73 Å². The molecular formula is C16H26N2. The van der Waals surface area contributed by atoms with Crippen LogP contribution in [0.2, 0.25) is 0 Å². The van der Waals surface area contributed by atoms with Gasteiger partial charge in [0.2, 0.25) is 0 Å². The number of hydrogen-bond donors (Lipinski definition) is 1. The lowest BCUT2D eigenvalue weighted by atomic mass is 9.96. The van der Waals surface area contributed by atoms with E-state index in [9.17, 15) is 0 Å². The molecule has 18 heavy (non-hydrogen) atoms. The number of piperidine rings is 1. The molecule has 2 heteroatoms. The molecule has 1 unspecified atom stereocenters. The zero-order valence-electron chi connectivity index (χ0n) is 11.9. The Hall–Kier alpha value is -0.860. The maximum absolute atomic E-state index is 6.37. The smallest absolute Gasteiger partial charge is 0.0426 e. The third kappa shape index (κ3) is 3.33. The summed E-state index contributed by atoms with van der Waals surface area (Å²) >= 11 is 0. The molecule has 0 aromatic heterocycles. The van der Waals surface area contributed by atoms with E-state index in [0.29, 0.717) is 0 Å². The summed E-state index contributed by atoms with van der Waals surface area (Å²) in [5.41, 5.74) is 10.3. The van der Waals surface area contributed by atoms with Crippen LogP contribution in [0.3, 0.4) is 0 Å². The van der Waals surface area contributed by atoms with E-state index in [4.69, 9.17) is 5.73 Å². The molecule has 1 aromatic carbocycles. The van der Waals surface area contributed by atoms with Gasteiger partial charge in [-0.05, 0) is 56.8 Å². The van der Waals surface area contributed by atoms with Gasteiger partial charge in [0.15, 0.2) is 0 Å². The van der Waals surface area contributed by atoms with E-state index in [0.717, 1.165) is 12.5 Å². The highest BCUT2D eigenvalue weighted by atomic mass is 15.1. The van der Waals surface area contributed by atoms with Crippen LogP contribution in [0.5, 0.6) is 0 Å². The highest BCUT2D eigenvalue weighted by Crippen LogP contribution is 2.21. The summed E-state index contributed by atoms with van der Waals surface area (Å²) in [6.45, 7) is 10.1. The van der Waals surface area contributed by atoms with E-state index >= 15 is 0 Å². The van der Waals surface area contributed by atoms with Crippen LogP contribution in [-0.4, -0.2) is 24.5 Å². The lowest BCUT2D eigenvalue weighted by Crippen LogP contribution is -2.38. The Morgan fingerprint density at radius 1 is 1.28 bits per heavy atom. The highest BCUT2D eigenvalue weighted by molar-refractivity contribution is 5.32. The largest absolute Gasteiger partial charge is 0.323 e. The average Bonchev–Trinajstić information content (AvgIpc) is 2.32. The number of likely N-dealkylation sites (tertiary alicyclic amines) is 1. The number of hydrogen-bond acceptors (Lipinski definition) is 2.